The number of nitrogens with zero attached hydrogens (tertiary/aromatic N) is 1. The smallest absolute Gasteiger partial charge is 0.279 e. The third kappa shape index (κ3) is 3.90. The summed E-state index contributed by atoms with van der Waals surface area (Å²) in [4.78, 5) is 0. The normalized spacial score (nSPS) is 33.7. The average molecular weight is 289 g/mol. The lowest BCUT2D eigenvalue weighted by atomic mass is 10.1. The molecule has 0 amide bonds. The van der Waals surface area contributed by atoms with E-state index in [1.165, 1.54) is 6.42 Å². The van der Waals surface area contributed by atoms with Gasteiger partial charge in [0.25, 0.3) is 10.2 Å². The summed E-state index contributed by atoms with van der Waals surface area (Å²) in [6.07, 6.45) is 6.41. The molecule has 0 radical (unpaired) electrons. The van der Waals surface area contributed by atoms with Crippen LogP contribution < -0.4 is 10.5 Å². The van der Waals surface area contributed by atoms with Crippen LogP contribution in [0, 0.1) is 11.8 Å². The number of nitrogens with two attached hydrogens (primary N) is 1. The maximum absolute atomic E-state index is 12.4. The van der Waals surface area contributed by atoms with E-state index in [-0.39, 0.29) is 6.04 Å². The molecule has 3 N–H and O–H groups in total. The van der Waals surface area contributed by atoms with Gasteiger partial charge in [0.05, 0.1) is 0 Å². The first-order valence-electron chi connectivity index (χ1n) is 7.49. The zero-order valence-electron chi connectivity index (χ0n) is 11.8. The molecule has 0 aromatic carbocycles. The minimum atomic E-state index is -3.35. The van der Waals surface area contributed by atoms with Crippen LogP contribution in [0.3, 0.4) is 0 Å². The summed E-state index contributed by atoms with van der Waals surface area (Å²) < 4.78 is 29.1. The summed E-state index contributed by atoms with van der Waals surface area (Å²) >= 11 is 0. The van der Waals surface area contributed by atoms with Crippen molar-refractivity contribution in [3.05, 3.63) is 0 Å². The molecule has 0 aromatic heterocycles. The van der Waals surface area contributed by atoms with Gasteiger partial charge in [-0.3, -0.25) is 0 Å². The first-order chi connectivity index (χ1) is 9.03. The molecule has 0 spiro atoms. The highest BCUT2D eigenvalue weighted by atomic mass is 32.2. The van der Waals surface area contributed by atoms with E-state index in [2.05, 4.69) is 11.6 Å². The van der Waals surface area contributed by atoms with Crippen LogP contribution in [0.5, 0.6) is 0 Å². The monoisotopic (exact) mass is 289 g/mol. The van der Waals surface area contributed by atoms with Gasteiger partial charge in [-0.25, -0.2) is 4.72 Å². The maximum Gasteiger partial charge on any atom is 0.279 e. The predicted octanol–water partition coefficient (Wildman–Crippen LogP) is 1.07. The second kappa shape index (κ2) is 6.52. The lowest BCUT2D eigenvalue weighted by Gasteiger charge is -2.34. The van der Waals surface area contributed by atoms with Crippen molar-refractivity contribution in [2.45, 2.75) is 51.5 Å². The van der Waals surface area contributed by atoms with Crippen molar-refractivity contribution in [1.29, 1.82) is 0 Å². The summed E-state index contributed by atoms with van der Waals surface area (Å²) in [6.45, 7) is 3.85. The second-order valence-electron chi connectivity index (χ2n) is 6.13. The van der Waals surface area contributed by atoms with Crippen LogP contribution in [0.25, 0.3) is 0 Å². The van der Waals surface area contributed by atoms with Crippen molar-refractivity contribution in [2.75, 3.05) is 19.6 Å². The summed E-state index contributed by atoms with van der Waals surface area (Å²) in [5.74, 6) is 1.24. The molecule has 3 unspecified atom stereocenters. The minimum absolute atomic E-state index is 0.0197. The minimum Gasteiger partial charge on any atom is -0.329 e. The molecule has 1 heterocycles. The summed E-state index contributed by atoms with van der Waals surface area (Å²) in [5.41, 5.74) is 5.69. The molecule has 0 bridgehead atoms. The van der Waals surface area contributed by atoms with E-state index in [0.717, 1.165) is 38.0 Å². The highest BCUT2D eigenvalue weighted by Gasteiger charge is 2.32. The van der Waals surface area contributed by atoms with Gasteiger partial charge in [-0.1, -0.05) is 19.8 Å². The van der Waals surface area contributed by atoms with Gasteiger partial charge in [0.1, 0.15) is 0 Å². The fourth-order valence-electron chi connectivity index (χ4n) is 3.34. The van der Waals surface area contributed by atoms with Crippen LogP contribution in [0.1, 0.15) is 45.4 Å². The zero-order valence-corrected chi connectivity index (χ0v) is 12.7. The first kappa shape index (κ1) is 15.2. The molecule has 1 saturated heterocycles. The molecule has 1 aliphatic heterocycles. The number of nitrogens with one attached hydrogen (secondary N) is 1. The Bertz CT molecular complexity index is 385. The number of rotatable bonds is 5. The van der Waals surface area contributed by atoms with E-state index in [9.17, 15) is 8.42 Å². The standard InChI is InChI=1S/C13H27N3O2S/c1-11-5-6-12(8-11)10-15-19(17,18)16-7-3-2-4-13(16)9-14/h11-13,15H,2-10,14H2,1H3. The van der Waals surface area contributed by atoms with Crippen LogP contribution >= 0.6 is 0 Å². The van der Waals surface area contributed by atoms with Crippen molar-refractivity contribution in [1.82, 2.24) is 9.03 Å². The molecule has 2 aliphatic rings. The molecule has 3 atom stereocenters. The molecule has 2 fully saturated rings. The first-order valence-corrected chi connectivity index (χ1v) is 8.93. The van der Waals surface area contributed by atoms with E-state index < -0.39 is 10.2 Å². The third-order valence-corrected chi connectivity index (χ3v) is 6.14. The van der Waals surface area contributed by atoms with Gasteiger partial charge in [0.15, 0.2) is 0 Å². The Kier molecular flexibility index (Phi) is 5.22. The number of hydrogen-bond donors (Lipinski definition) is 2. The van der Waals surface area contributed by atoms with Crippen LogP contribution in [0.4, 0.5) is 0 Å². The van der Waals surface area contributed by atoms with Crippen LogP contribution in [0.15, 0.2) is 0 Å². The highest BCUT2D eigenvalue weighted by molar-refractivity contribution is 7.87. The van der Waals surface area contributed by atoms with Crippen LogP contribution in [0.2, 0.25) is 0 Å². The van der Waals surface area contributed by atoms with Crippen molar-refractivity contribution >= 4 is 10.2 Å². The summed E-state index contributed by atoms with van der Waals surface area (Å²) in [7, 11) is -3.35. The molecule has 1 saturated carbocycles. The number of hydrogen-bond acceptors (Lipinski definition) is 3. The highest BCUT2D eigenvalue weighted by Crippen LogP contribution is 2.30. The molecule has 0 aromatic rings. The van der Waals surface area contributed by atoms with Gasteiger partial charge in [0, 0.05) is 25.7 Å². The Morgan fingerprint density at radius 2 is 2.05 bits per heavy atom. The molecular weight excluding hydrogens is 262 g/mol. The van der Waals surface area contributed by atoms with Crippen molar-refractivity contribution < 1.29 is 8.42 Å². The molecule has 1 aliphatic carbocycles. The SMILES string of the molecule is CC1CCC(CNS(=O)(=O)N2CCCCC2CN)C1. The quantitative estimate of drug-likeness (QED) is 0.795. The largest absolute Gasteiger partial charge is 0.329 e. The molecular formula is C13H27N3O2S. The van der Waals surface area contributed by atoms with E-state index in [0.29, 0.717) is 25.6 Å². The van der Waals surface area contributed by atoms with E-state index in [4.69, 9.17) is 5.73 Å². The van der Waals surface area contributed by atoms with Gasteiger partial charge in [-0.15, -0.1) is 0 Å². The van der Waals surface area contributed by atoms with E-state index in [1.807, 2.05) is 0 Å². The Balaban J connectivity index is 1.89. The maximum atomic E-state index is 12.4. The van der Waals surface area contributed by atoms with Crippen LogP contribution in [-0.2, 0) is 10.2 Å². The van der Waals surface area contributed by atoms with Gasteiger partial charge in [-0.2, -0.15) is 12.7 Å². The van der Waals surface area contributed by atoms with Crippen LogP contribution in [-0.4, -0.2) is 38.4 Å². The molecule has 5 nitrogen and oxygen atoms in total. The Morgan fingerprint density at radius 1 is 1.26 bits per heavy atom. The zero-order chi connectivity index (χ0) is 13.9. The van der Waals surface area contributed by atoms with E-state index in [1.54, 1.807) is 4.31 Å². The molecule has 112 valence electrons. The lowest BCUT2D eigenvalue weighted by molar-refractivity contribution is 0.253. The topological polar surface area (TPSA) is 75.4 Å². The Hall–Kier alpha value is -0.170. The van der Waals surface area contributed by atoms with Crippen molar-refractivity contribution in [3.8, 4) is 0 Å². The van der Waals surface area contributed by atoms with Gasteiger partial charge < -0.3 is 5.73 Å². The molecule has 2 rings (SSSR count). The Morgan fingerprint density at radius 3 is 2.68 bits per heavy atom. The fraction of sp³-hybridized carbons (Fsp3) is 1.00. The van der Waals surface area contributed by atoms with Crippen molar-refractivity contribution in [3.63, 3.8) is 0 Å². The fourth-order valence-corrected chi connectivity index (χ4v) is 4.91. The van der Waals surface area contributed by atoms with Gasteiger partial charge in [-0.05, 0) is 37.5 Å². The van der Waals surface area contributed by atoms with Gasteiger partial charge in [0.2, 0.25) is 0 Å². The van der Waals surface area contributed by atoms with E-state index >= 15 is 0 Å². The molecule has 19 heavy (non-hydrogen) atoms. The lowest BCUT2D eigenvalue weighted by Crippen LogP contribution is -2.52. The summed E-state index contributed by atoms with van der Waals surface area (Å²) in [5, 5.41) is 0. The second-order valence-corrected chi connectivity index (χ2v) is 7.84. The molecule has 6 heteroatoms. The predicted molar refractivity (Wildman–Crippen MR) is 76.8 cm³/mol. The van der Waals surface area contributed by atoms with Crippen molar-refractivity contribution in [2.24, 2.45) is 17.6 Å². The Labute approximate surface area is 117 Å². The summed E-state index contributed by atoms with van der Waals surface area (Å²) in [6, 6.07) is -0.0197. The number of piperidine rings is 1. The van der Waals surface area contributed by atoms with Gasteiger partial charge >= 0.3 is 0 Å². The average Bonchev–Trinajstić information content (AvgIpc) is 2.82. The third-order valence-electron chi connectivity index (χ3n) is 4.51.